The molecule has 0 unspecified atom stereocenters. The van der Waals surface area contributed by atoms with E-state index in [1.54, 1.807) is 11.8 Å². The molecule has 1 heteroatoms. The van der Waals surface area contributed by atoms with E-state index in [1.807, 2.05) is 24.3 Å². The molecule has 0 fully saturated rings. The molecule has 0 saturated carbocycles. The van der Waals surface area contributed by atoms with E-state index in [0.717, 1.165) is 0 Å². The lowest BCUT2D eigenvalue weighted by atomic mass is 10.4. The Morgan fingerprint density at radius 1 is 1.38 bits per heavy atom. The first-order valence-corrected chi connectivity index (χ1v) is 3.66. The van der Waals surface area contributed by atoms with Crippen molar-refractivity contribution in [1.82, 2.24) is 0 Å². The van der Waals surface area contributed by atoms with Gasteiger partial charge in [-0.3, -0.25) is 0 Å². The van der Waals surface area contributed by atoms with Gasteiger partial charge in [-0.25, -0.2) is 0 Å². The van der Waals surface area contributed by atoms with Crippen LogP contribution in [0.1, 0.15) is 0 Å². The molecule has 0 heterocycles. The summed E-state index contributed by atoms with van der Waals surface area (Å²) in [5.41, 5.74) is 0. The van der Waals surface area contributed by atoms with Crippen molar-refractivity contribution in [3.63, 3.8) is 0 Å². The standard InChI is InChI=1S/C7H7S/c1-8-7-5-3-2-4-6-7/h3-6H,1H3. The molecule has 1 radical (unpaired) electrons. The Labute approximate surface area is 53.9 Å². The van der Waals surface area contributed by atoms with Gasteiger partial charge in [0, 0.05) is 4.90 Å². The summed E-state index contributed by atoms with van der Waals surface area (Å²) < 4.78 is 0. The summed E-state index contributed by atoms with van der Waals surface area (Å²) in [6, 6.07) is 10.9. The van der Waals surface area contributed by atoms with Gasteiger partial charge in [0.05, 0.1) is 0 Å². The van der Waals surface area contributed by atoms with Crippen LogP contribution in [0.15, 0.2) is 29.2 Å². The van der Waals surface area contributed by atoms with E-state index < -0.39 is 0 Å². The highest BCUT2D eigenvalue weighted by Crippen LogP contribution is 2.11. The lowest BCUT2D eigenvalue weighted by Gasteiger charge is -1.88. The van der Waals surface area contributed by atoms with E-state index in [4.69, 9.17) is 0 Å². The third-order valence-corrected chi connectivity index (χ3v) is 1.67. The Balaban J connectivity index is 2.83. The SMILES string of the molecule is CSc1cc[c]cc1. The van der Waals surface area contributed by atoms with Gasteiger partial charge in [0.1, 0.15) is 0 Å². The minimum atomic E-state index is 1.30. The molecule has 0 aliphatic heterocycles. The molecule has 41 valence electrons. The predicted octanol–water partition coefficient (Wildman–Crippen LogP) is 2.21. The summed E-state index contributed by atoms with van der Waals surface area (Å²) in [6.07, 6.45) is 2.06. The zero-order chi connectivity index (χ0) is 5.82. The van der Waals surface area contributed by atoms with E-state index in [0.29, 0.717) is 0 Å². The second kappa shape index (κ2) is 2.78. The zero-order valence-electron chi connectivity index (χ0n) is 4.72. The van der Waals surface area contributed by atoms with Crippen LogP contribution < -0.4 is 0 Å². The summed E-state index contributed by atoms with van der Waals surface area (Å²) in [4.78, 5) is 1.30. The van der Waals surface area contributed by atoms with Gasteiger partial charge in [-0.2, -0.15) is 0 Å². The molecule has 0 aromatic heterocycles. The molecule has 1 rings (SSSR count). The van der Waals surface area contributed by atoms with Crippen molar-refractivity contribution < 1.29 is 0 Å². The fourth-order valence-corrected chi connectivity index (χ4v) is 0.916. The van der Waals surface area contributed by atoms with Crippen LogP contribution in [0.25, 0.3) is 0 Å². The molecule has 0 bridgehead atoms. The van der Waals surface area contributed by atoms with E-state index in [1.165, 1.54) is 4.90 Å². The number of rotatable bonds is 1. The molecule has 0 amide bonds. The van der Waals surface area contributed by atoms with Gasteiger partial charge in [0.25, 0.3) is 0 Å². The summed E-state index contributed by atoms with van der Waals surface area (Å²) in [5, 5.41) is 0. The molecule has 8 heavy (non-hydrogen) atoms. The monoisotopic (exact) mass is 123 g/mol. The van der Waals surface area contributed by atoms with Crippen molar-refractivity contribution in [2.24, 2.45) is 0 Å². The Morgan fingerprint density at radius 2 is 2.00 bits per heavy atom. The van der Waals surface area contributed by atoms with E-state index in [9.17, 15) is 0 Å². The average Bonchev–Trinajstić information content (AvgIpc) is 1.90. The molecule has 0 nitrogen and oxygen atoms in total. The summed E-state index contributed by atoms with van der Waals surface area (Å²) in [7, 11) is 0. The van der Waals surface area contributed by atoms with Gasteiger partial charge in [-0.15, -0.1) is 11.8 Å². The Morgan fingerprint density at radius 3 is 2.38 bits per heavy atom. The topological polar surface area (TPSA) is 0 Å². The molecular weight excluding hydrogens is 116 g/mol. The van der Waals surface area contributed by atoms with Gasteiger partial charge in [-0.05, 0) is 24.5 Å². The molecule has 0 N–H and O–H groups in total. The van der Waals surface area contributed by atoms with Crippen LogP contribution in [0.3, 0.4) is 0 Å². The maximum absolute atomic E-state index is 2.95. The second-order valence-electron chi connectivity index (χ2n) is 1.44. The van der Waals surface area contributed by atoms with E-state index in [-0.39, 0.29) is 0 Å². The van der Waals surface area contributed by atoms with Crippen LogP contribution in [-0.2, 0) is 0 Å². The van der Waals surface area contributed by atoms with Crippen LogP contribution in [0.4, 0.5) is 0 Å². The Hall–Kier alpha value is -0.430. The average molecular weight is 123 g/mol. The van der Waals surface area contributed by atoms with Gasteiger partial charge in [0.15, 0.2) is 0 Å². The smallest absolute Gasteiger partial charge is 0.00695 e. The van der Waals surface area contributed by atoms with Crippen molar-refractivity contribution in [3.05, 3.63) is 30.3 Å². The first-order chi connectivity index (χ1) is 3.93. The lowest BCUT2D eigenvalue weighted by Crippen LogP contribution is -1.63. The third-order valence-electron chi connectivity index (χ3n) is 0.923. The number of hydrogen-bond donors (Lipinski definition) is 0. The first-order valence-electron chi connectivity index (χ1n) is 2.43. The highest BCUT2D eigenvalue weighted by molar-refractivity contribution is 7.98. The first kappa shape index (κ1) is 5.70. The van der Waals surface area contributed by atoms with Crippen LogP contribution in [0, 0.1) is 6.07 Å². The fraction of sp³-hybridized carbons (Fsp3) is 0.143. The molecule has 0 spiro atoms. The maximum atomic E-state index is 2.95. The largest absolute Gasteiger partial charge is 0.130 e. The normalized spacial score (nSPS) is 9.12. The number of thioether (sulfide) groups is 1. The molecule has 0 atom stereocenters. The molecule has 1 aromatic carbocycles. The van der Waals surface area contributed by atoms with E-state index in [2.05, 4.69) is 12.3 Å². The van der Waals surface area contributed by atoms with Crippen LogP contribution in [-0.4, -0.2) is 6.26 Å². The van der Waals surface area contributed by atoms with Gasteiger partial charge in [0.2, 0.25) is 0 Å². The fourth-order valence-electron chi connectivity index (χ4n) is 0.508. The molecule has 1 aromatic rings. The van der Waals surface area contributed by atoms with Crippen molar-refractivity contribution in [2.45, 2.75) is 4.90 Å². The quantitative estimate of drug-likeness (QED) is 0.516. The molecular formula is C7H7S. The second-order valence-corrected chi connectivity index (χ2v) is 2.32. The summed E-state index contributed by atoms with van der Waals surface area (Å²) >= 11 is 1.75. The van der Waals surface area contributed by atoms with Crippen LogP contribution in [0.5, 0.6) is 0 Å². The molecule has 0 aliphatic rings. The van der Waals surface area contributed by atoms with Crippen molar-refractivity contribution in [1.29, 1.82) is 0 Å². The highest BCUT2D eigenvalue weighted by Gasteiger charge is 1.80. The number of hydrogen-bond acceptors (Lipinski definition) is 1. The Kier molecular flexibility index (Phi) is 1.98. The minimum absolute atomic E-state index is 1.30. The van der Waals surface area contributed by atoms with Crippen molar-refractivity contribution in [2.75, 3.05) is 6.26 Å². The number of benzene rings is 1. The maximum Gasteiger partial charge on any atom is 0.00695 e. The molecule has 0 saturated heterocycles. The van der Waals surface area contributed by atoms with Gasteiger partial charge < -0.3 is 0 Å². The Bertz CT molecular complexity index is 146. The lowest BCUT2D eigenvalue weighted by molar-refractivity contribution is 1.46. The van der Waals surface area contributed by atoms with Crippen LogP contribution in [0.2, 0.25) is 0 Å². The van der Waals surface area contributed by atoms with Crippen LogP contribution >= 0.6 is 11.8 Å². The summed E-state index contributed by atoms with van der Waals surface area (Å²) in [5.74, 6) is 0. The van der Waals surface area contributed by atoms with Gasteiger partial charge in [-0.1, -0.05) is 12.1 Å². The summed E-state index contributed by atoms with van der Waals surface area (Å²) in [6.45, 7) is 0. The van der Waals surface area contributed by atoms with Crippen molar-refractivity contribution in [3.8, 4) is 0 Å². The zero-order valence-corrected chi connectivity index (χ0v) is 5.53. The minimum Gasteiger partial charge on any atom is -0.130 e. The highest BCUT2D eigenvalue weighted by atomic mass is 32.2. The third kappa shape index (κ3) is 1.27. The van der Waals surface area contributed by atoms with Gasteiger partial charge >= 0.3 is 0 Å². The van der Waals surface area contributed by atoms with Crippen molar-refractivity contribution >= 4 is 11.8 Å². The molecule has 0 aliphatic carbocycles. The van der Waals surface area contributed by atoms with E-state index >= 15 is 0 Å². The predicted molar refractivity (Wildman–Crippen MR) is 37.1 cm³/mol.